The molecule has 0 aliphatic heterocycles. The summed E-state index contributed by atoms with van der Waals surface area (Å²) in [6, 6.07) is 6.62. The van der Waals surface area contributed by atoms with E-state index >= 15 is 0 Å². The Hall–Kier alpha value is -1.35. The SMILES string of the molecule is CCC(O)CCC[C@@H]1CC(=O)[C@@]2(C)CC[C@@H]3c4ccc(OC)cc4CC[C@H]3[C@H]12. The Labute approximate surface area is 169 Å². The van der Waals surface area contributed by atoms with Gasteiger partial charge in [-0.05, 0) is 91.9 Å². The highest BCUT2D eigenvalue weighted by Gasteiger charge is 2.58. The minimum Gasteiger partial charge on any atom is -0.497 e. The van der Waals surface area contributed by atoms with Gasteiger partial charge in [-0.15, -0.1) is 0 Å². The predicted molar refractivity (Wildman–Crippen MR) is 112 cm³/mol. The number of rotatable bonds is 6. The van der Waals surface area contributed by atoms with Gasteiger partial charge in [-0.2, -0.15) is 0 Å². The van der Waals surface area contributed by atoms with Gasteiger partial charge in [-0.25, -0.2) is 0 Å². The number of hydrogen-bond donors (Lipinski definition) is 1. The van der Waals surface area contributed by atoms with Crippen molar-refractivity contribution < 1.29 is 14.6 Å². The molecule has 1 aromatic carbocycles. The predicted octanol–water partition coefficient (Wildman–Crippen LogP) is 5.29. The number of aliphatic hydroxyl groups is 1. The second-order valence-corrected chi connectivity index (χ2v) is 9.74. The number of carbonyl (C=O) groups excluding carboxylic acids is 1. The van der Waals surface area contributed by atoms with Crippen molar-refractivity contribution in [2.24, 2.45) is 23.2 Å². The van der Waals surface area contributed by atoms with Crippen LogP contribution in [0.15, 0.2) is 18.2 Å². The first-order valence-electron chi connectivity index (χ1n) is 11.4. The van der Waals surface area contributed by atoms with Gasteiger partial charge in [0.1, 0.15) is 11.5 Å². The standard InChI is InChI=1S/C25H36O3/c1-4-18(26)7-5-6-17-15-23(27)25(2)13-12-21-20-11-9-19(28-3)14-16(20)8-10-22(21)24(17)25/h9,11,14,17-18,21-22,24,26H,4-8,10,12-13,15H2,1-3H3/t17-,18?,21-,22-,24+,25-/m1/s1. The van der Waals surface area contributed by atoms with E-state index < -0.39 is 0 Å². The maximum atomic E-state index is 13.0. The molecular weight excluding hydrogens is 348 g/mol. The molecule has 0 radical (unpaired) electrons. The molecule has 2 fully saturated rings. The van der Waals surface area contributed by atoms with Gasteiger partial charge in [-0.3, -0.25) is 4.79 Å². The Balaban J connectivity index is 1.56. The zero-order valence-corrected chi connectivity index (χ0v) is 17.7. The minimum absolute atomic E-state index is 0.112. The number of benzene rings is 1. The summed E-state index contributed by atoms with van der Waals surface area (Å²) >= 11 is 0. The fourth-order valence-electron chi connectivity index (χ4n) is 6.83. The summed E-state index contributed by atoms with van der Waals surface area (Å²) in [6.45, 7) is 4.31. The Morgan fingerprint density at radius 3 is 2.89 bits per heavy atom. The largest absolute Gasteiger partial charge is 0.497 e. The number of ketones is 1. The summed E-state index contributed by atoms with van der Waals surface area (Å²) in [5.41, 5.74) is 2.86. The molecule has 154 valence electrons. The van der Waals surface area contributed by atoms with Crippen LogP contribution in [0.1, 0.15) is 82.3 Å². The van der Waals surface area contributed by atoms with Gasteiger partial charge in [0.05, 0.1) is 13.2 Å². The van der Waals surface area contributed by atoms with Crippen LogP contribution in [0.5, 0.6) is 5.75 Å². The van der Waals surface area contributed by atoms with E-state index in [4.69, 9.17) is 4.74 Å². The molecule has 3 heteroatoms. The fraction of sp³-hybridized carbons (Fsp3) is 0.720. The molecule has 3 nitrogen and oxygen atoms in total. The van der Waals surface area contributed by atoms with E-state index in [1.165, 1.54) is 17.5 Å². The number of aliphatic hydroxyl groups excluding tert-OH is 1. The summed E-state index contributed by atoms with van der Waals surface area (Å²) in [6.07, 6.45) is 8.92. The molecule has 6 atom stereocenters. The van der Waals surface area contributed by atoms with Crippen molar-refractivity contribution in [1.29, 1.82) is 0 Å². The molecule has 3 aliphatic rings. The zero-order valence-electron chi connectivity index (χ0n) is 17.7. The molecule has 1 aromatic rings. The number of ether oxygens (including phenoxy) is 1. The van der Waals surface area contributed by atoms with Crippen molar-refractivity contribution in [2.75, 3.05) is 7.11 Å². The smallest absolute Gasteiger partial charge is 0.139 e. The molecule has 0 saturated heterocycles. The van der Waals surface area contributed by atoms with Gasteiger partial charge in [0.25, 0.3) is 0 Å². The normalized spacial score (nSPS) is 35.1. The van der Waals surface area contributed by atoms with E-state index in [0.29, 0.717) is 29.5 Å². The molecule has 1 unspecified atom stereocenters. The van der Waals surface area contributed by atoms with Crippen LogP contribution < -0.4 is 4.74 Å². The van der Waals surface area contributed by atoms with Crippen LogP contribution in [0.4, 0.5) is 0 Å². The lowest BCUT2D eigenvalue weighted by atomic mass is 9.54. The fourth-order valence-corrected chi connectivity index (χ4v) is 6.83. The van der Waals surface area contributed by atoms with Crippen LogP contribution >= 0.6 is 0 Å². The van der Waals surface area contributed by atoms with Gasteiger partial charge < -0.3 is 9.84 Å². The van der Waals surface area contributed by atoms with E-state index in [1.807, 2.05) is 6.92 Å². The first-order chi connectivity index (χ1) is 13.5. The minimum atomic E-state index is -0.181. The van der Waals surface area contributed by atoms with E-state index in [-0.39, 0.29) is 11.5 Å². The Bertz CT molecular complexity index is 727. The third kappa shape index (κ3) is 3.30. The van der Waals surface area contributed by atoms with E-state index in [2.05, 4.69) is 25.1 Å². The molecule has 1 N–H and O–H groups in total. The van der Waals surface area contributed by atoms with Gasteiger partial charge in [0.15, 0.2) is 0 Å². The van der Waals surface area contributed by atoms with Crippen molar-refractivity contribution >= 4 is 5.78 Å². The molecule has 2 saturated carbocycles. The second-order valence-electron chi connectivity index (χ2n) is 9.74. The van der Waals surface area contributed by atoms with Crippen LogP contribution in [-0.2, 0) is 11.2 Å². The van der Waals surface area contributed by atoms with Crippen molar-refractivity contribution in [3.05, 3.63) is 29.3 Å². The summed E-state index contributed by atoms with van der Waals surface area (Å²) < 4.78 is 5.44. The molecule has 28 heavy (non-hydrogen) atoms. The highest BCUT2D eigenvalue weighted by molar-refractivity contribution is 5.87. The first-order valence-corrected chi connectivity index (χ1v) is 11.4. The number of carbonyl (C=O) groups is 1. The average molecular weight is 385 g/mol. The topological polar surface area (TPSA) is 46.5 Å². The van der Waals surface area contributed by atoms with Gasteiger partial charge in [0.2, 0.25) is 0 Å². The van der Waals surface area contributed by atoms with Crippen molar-refractivity contribution in [2.45, 2.75) is 83.7 Å². The molecular formula is C25H36O3. The van der Waals surface area contributed by atoms with Crippen LogP contribution in [0, 0.1) is 23.2 Å². The molecule has 0 spiro atoms. The van der Waals surface area contributed by atoms with Crippen LogP contribution in [0.3, 0.4) is 0 Å². The number of hydrogen-bond acceptors (Lipinski definition) is 3. The summed E-state index contributed by atoms with van der Waals surface area (Å²) in [7, 11) is 1.74. The molecule has 3 aliphatic carbocycles. The van der Waals surface area contributed by atoms with E-state index in [9.17, 15) is 9.90 Å². The lowest BCUT2D eigenvalue weighted by Gasteiger charge is -2.50. The number of aryl methyl sites for hydroxylation is 1. The molecule has 0 amide bonds. The lowest BCUT2D eigenvalue weighted by Crippen LogP contribution is -2.44. The Morgan fingerprint density at radius 2 is 2.14 bits per heavy atom. The van der Waals surface area contributed by atoms with Gasteiger partial charge in [-0.1, -0.05) is 26.3 Å². The number of fused-ring (bicyclic) bond motifs is 5. The summed E-state index contributed by atoms with van der Waals surface area (Å²) in [4.78, 5) is 13.0. The Morgan fingerprint density at radius 1 is 1.32 bits per heavy atom. The van der Waals surface area contributed by atoms with Crippen LogP contribution in [0.2, 0.25) is 0 Å². The molecule has 0 bridgehead atoms. The maximum Gasteiger partial charge on any atom is 0.139 e. The quantitative estimate of drug-likeness (QED) is 0.725. The van der Waals surface area contributed by atoms with Crippen LogP contribution in [0.25, 0.3) is 0 Å². The lowest BCUT2D eigenvalue weighted by molar-refractivity contribution is -0.129. The van der Waals surface area contributed by atoms with Gasteiger partial charge in [0, 0.05) is 11.8 Å². The van der Waals surface area contributed by atoms with E-state index in [0.717, 1.165) is 57.1 Å². The molecule has 4 rings (SSSR count). The number of Topliss-reactive ketones (excluding diaryl/α,β-unsaturated/α-hetero) is 1. The average Bonchev–Trinajstić information content (AvgIpc) is 2.97. The zero-order chi connectivity index (χ0) is 19.9. The third-order valence-corrected chi connectivity index (χ3v) is 8.36. The van der Waals surface area contributed by atoms with Crippen molar-refractivity contribution in [3.63, 3.8) is 0 Å². The monoisotopic (exact) mass is 384 g/mol. The third-order valence-electron chi connectivity index (χ3n) is 8.36. The number of methoxy groups -OCH3 is 1. The maximum absolute atomic E-state index is 13.0. The van der Waals surface area contributed by atoms with E-state index in [1.54, 1.807) is 7.11 Å². The Kier molecular flexibility index (Phi) is 5.57. The summed E-state index contributed by atoms with van der Waals surface area (Å²) in [5, 5.41) is 9.93. The van der Waals surface area contributed by atoms with Gasteiger partial charge >= 0.3 is 0 Å². The van der Waals surface area contributed by atoms with Crippen molar-refractivity contribution in [3.8, 4) is 5.75 Å². The summed E-state index contributed by atoms with van der Waals surface area (Å²) in [5.74, 6) is 3.73. The molecule has 0 heterocycles. The highest BCUT2D eigenvalue weighted by Crippen LogP contribution is 2.62. The molecule has 0 aromatic heterocycles. The van der Waals surface area contributed by atoms with Crippen LogP contribution in [-0.4, -0.2) is 24.1 Å². The van der Waals surface area contributed by atoms with Crippen molar-refractivity contribution in [1.82, 2.24) is 0 Å². The first kappa shape index (κ1) is 19.9. The highest BCUT2D eigenvalue weighted by atomic mass is 16.5. The second kappa shape index (κ2) is 7.82.